The van der Waals surface area contributed by atoms with Gasteiger partial charge in [-0.15, -0.1) is 0 Å². The van der Waals surface area contributed by atoms with Crippen LogP contribution in [0.25, 0.3) is 0 Å². The number of carboxylic acid groups (broad SMARTS) is 3. The Morgan fingerprint density at radius 1 is 0.867 bits per heavy atom. The van der Waals surface area contributed by atoms with Crippen molar-refractivity contribution in [3.05, 3.63) is 0 Å². The van der Waals surface area contributed by atoms with Crippen molar-refractivity contribution in [1.29, 1.82) is 0 Å². The molecule has 0 aromatic heterocycles. The maximum atomic E-state index is 8.89. The monoisotopic (exact) mass is 236 g/mol. The molecular formula is C7H12O7Si. The summed E-state index contributed by atoms with van der Waals surface area (Å²) in [5.41, 5.74) is 0. The normalized spacial score (nSPS) is 6.27. The standard InChI is InChI=1S/3C2H4O2.CH3OSi/c3*1-2(3)4;1-2-3/h3*1H3,(H,3,4);1H3/q;;;+3/p-3. The van der Waals surface area contributed by atoms with E-state index < -0.39 is 17.9 Å². The van der Waals surface area contributed by atoms with Crippen molar-refractivity contribution in [2.75, 3.05) is 7.11 Å². The van der Waals surface area contributed by atoms with E-state index in [9.17, 15) is 0 Å². The Balaban J connectivity index is -0.0000000542. The summed E-state index contributed by atoms with van der Waals surface area (Å²) < 4.78 is 4.06. The van der Waals surface area contributed by atoms with E-state index >= 15 is 0 Å². The van der Waals surface area contributed by atoms with Gasteiger partial charge in [0, 0.05) is 17.9 Å². The van der Waals surface area contributed by atoms with Gasteiger partial charge in [-0.05, 0) is 20.8 Å². The molecule has 0 radical (unpaired) electrons. The zero-order chi connectivity index (χ0) is 13.4. The molecule has 0 saturated heterocycles. The predicted octanol–water partition coefficient (Wildman–Crippen LogP) is -4.02. The fourth-order valence-electron chi connectivity index (χ4n) is 0. The fourth-order valence-corrected chi connectivity index (χ4v) is 0. The third-order valence-corrected chi connectivity index (χ3v) is 0. The van der Waals surface area contributed by atoms with Crippen LogP contribution in [0.5, 0.6) is 0 Å². The van der Waals surface area contributed by atoms with Crippen molar-refractivity contribution in [3.63, 3.8) is 0 Å². The molecule has 86 valence electrons. The molecular weight excluding hydrogens is 224 g/mol. The molecule has 0 aromatic carbocycles. The predicted molar refractivity (Wildman–Crippen MR) is 44.8 cm³/mol. The molecule has 0 rings (SSSR count). The number of aliphatic carboxylic acids is 3. The average Bonchev–Trinajstić information content (AvgIpc) is 1.81. The summed E-state index contributed by atoms with van der Waals surface area (Å²) in [6, 6.07) is 0. The fraction of sp³-hybridized carbons (Fsp3) is 0.571. The third kappa shape index (κ3) is 706. The Morgan fingerprint density at radius 3 is 0.867 bits per heavy atom. The van der Waals surface area contributed by atoms with Crippen molar-refractivity contribution in [2.45, 2.75) is 20.8 Å². The molecule has 0 saturated carbocycles. The van der Waals surface area contributed by atoms with Gasteiger partial charge in [-0.3, -0.25) is 0 Å². The van der Waals surface area contributed by atoms with E-state index in [4.69, 9.17) is 29.7 Å². The molecule has 0 unspecified atom stereocenters. The Bertz CT molecular complexity index is 128. The van der Waals surface area contributed by atoms with Crippen LogP contribution >= 0.6 is 0 Å². The second kappa shape index (κ2) is 22.9. The van der Waals surface area contributed by atoms with Crippen LogP contribution in [0.4, 0.5) is 0 Å². The van der Waals surface area contributed by atoms with E-state index in [1.54, 1.807) is 0 Å². The minimum atomic E-state index is -1.08. The van der Waals surface area contributed by atoms with Crippen LogP contribution in [-0.4, -0.2) is 35.5 Å². The van der Waals surface area contributed by atoms with E-state index in [-0.39, 0.29) is 0 Å². The first kappa shape index (κ1) is 23.4. The van der Waals surface area contributed by atoms with Crippen molar-refractivity contribution >= 4 is 28.4 Å². The van der Waals surface area contributed by atoms with Gasteiger partial charge in [0.15, 0.2) is 0 Å². The summed E-state index contributed by atoms with van der Waals surface area (Å²) in [5.74, 6) is -3.25. The first-order valence-electron chi connectivity index (χ1n) is 3.34. The molecule has 0 aliphatic carbocycles. The SMILES string of the molecule is CC(=O)[O-].CC(=O)[O-].CC(=O)[O-].CO[Si+3]. The molecule has 15 heavy (non-hydrogen) atoms. The van der Waals surface area contributed by atoms with Crippen LogP contribution < -0.4 is 15.3 Å². The van der Waals surface area contributed by atoms with Crippen LogP contribution in [0.3, 0.4) is 0 Å². The Hall–Kier alpha value is -1.41. The number of hydrogen-bond acceptors (Lipinski definition) is 7. The summed E-state index contributed by atoms with van der Waals surface area (Å²) in [6.45, 7) is 2.92. The zero-order valence-corrected chi connectivity index (χ0v) is 9.86. The second-order valence-corrected chi connectivity index (χ2v) is 2.09. The van der Waals surface area contributed by atoms with Gasteiger partial charge in [-0.1, -0.05) is 0 Å². The summed E-state index contributed by atoms with van der Waals surface area (Å²) in [6.07, 6.45) is 0. The maximum absolute atomic E-state index is 8.89. The van der Waals surface area contributed by atoms with Crippen molar-refractivity contribution in [2.24, 2.45) is 0 Å². The van der Waals surface area contributed by atoms with Crippen LogP contribution in [0.15, 0.2) is 0 Å². The van der Waals surface area contributed by atoms with E-state index in [1.807, 2.05) is 0 Å². The molecule has 7 nitrogen and oxygen atoms in total. The second-order valence-electron chi connectivity index (χ2n) is 1.68. The summed E-state index contributed by atoms with van der Waals surface area (Å²) in [5, 5.41) is 26.7. The van der Waals surface area contributed by atoms with Gasteiger partial charge in [0.05, 0.1) is 0 Å². The van der Waals surface area contributed by atoms with Gasteiger partial charge in [0.1, 0.15) is 0 Å². The topological polar surface area (TPSA) is 130 Å². The zero-order valence-electron chi connectivity index (χ0n) is 8.86. The summed E-state index contributed by atoms with van der Waals surface area (Å²) in [4.78, 5) is 26.7. The molecule has 0 aromatic rings. The van der Waals surface area contributed by atoms with Crippen LogP contribution in [0.1, 0.15) is 20.8 Å². The van der Waals surface area contributed by atoms with E-state index in [1.165, 1.54) is 7.11 Å². The van der Waals surface area contributed by atoms with Gasteiger partial charge >= 0.3 is 22.0 Å². The Kier molecular flexibility index (Phi) is 35.8. The van der Waals surface area contributed by atoms with Crippen LogP contribution in [0, 0.1) is 0 Å². The first-order chi connectivity index (χ1) is 6.61. The third-order valence-electron chi connectivity index (χ3n) is 0. The Morgan fingerprint density at radius 2 is 0.867 bits per heavy atom. The molecule has 8 heteroatoms. The molecule has 0 aliphatic rings. The number of hydrogen-bond donors (Lipinski definition) is 0. The van der Waals surface area contributed by atoms with E-state index in [0.717, 1.165) is 20.8 Å². The number of rotatable bonds is 0. The molecule has 0 fully saturated rings. The minimum absolute atomic E-state index is 0.972. The molecule has 0 N–H and O–H groups in total. The molecule has 0 spiro atoms. The van der Waals surface area contributed by atoms with Crippen LogP contribution in [-0.2, 0) is 18.8 Å². The molecule has 0 aliphatic heterocycles. The number of carboxylic acids is 3. The first-order valence-corrected chi connectivity index (χ1v) is 3.75. The molecule has 0 amide bonds. The van der Waals surface area contributed by atoms with Gasteiger partial charge < -0.3 is 29.7 Å². The quantitative estimate of drug-likeness (QED) is 0.391. The summed E-state index contributed by atoms with van der Waals surface area (Å²) in [7, 11) is 4.22. The van der Waals surface area contributed by atoms with E-state index in [2.05, 4.69) is 14.9 Å². The number of carbonyl (C=O) groups excluding carboxylic acids is 3. The van der Waals surface area contributed by atoms with Crippen LogP contribution in [0.2, 0.25) is 0 Å². The average molecular weight is 236 g/mol. The molecule has 0 atom stereocenters. The summed E-state index contributed by atoms with van der Waals surface area (Å²) >= 11 is 0. The number of carbonyl (C=O) groups is 3. The van der Waals surface area contributed by atoms with Crippen molar-refractivity contribution in [3.8, 4) is 0 Å². The molecule has 0 bridgehead atoms. The Labute approximate surface area is 91.2 Å². The van der Waals surface area contributed by atoms with Gasteiger partial charge in [-0.25, -0.2) is 0 Å². The van der Waals surface area contributed by atoms with Crippen molar-refractivity contribution in [1.82, 2.24) is 0 Å². The van der Waals surface area contributed by atoms with Gasteiger partial charge in [0.2, 0.25) is 0 Å². The molecule has 0 heterocycles. The van der Waals surface area contributed by atoms with E-state index in [0.29, 0.717) is 0 Å². The van der Waals surface area contributed by atoms with Gasteiger partial charge in [-0.2, -0.15) is 0 Å². The van der Waals surface area contributed by atoms with Crippen molar-refractivity contribution < 1.29 is 34.1 Å². The van der Waals surface area contributed by atoms with Gasteiger partial charge in [0.25, 0.3) is 0 Å².